The van der Waals surface area contributed by atoms with E-state index in [0.717, 1.165) is 23.4 Å². The van der Waals surface area contributed by atoms with Gasteiger partial charge in [0, 0.05) is 10.9 Å². The lowest BCUT2D eigenvalue weighted by atomic mass is 10.1. The summed E-state index contributed by atoms with van der Waals surface area (Å²) in [5.41, 5.74) is 1.05. The lowest BCUT2D eigenvalue weighted by molar-refractivity contribution is 0.543. The van der Waals surface area contributed by atoms with Gasteiger partial charge in [0.1, 0.15) is 5.82 Å². The van der Waals surface area contributed by atoms with Crippen LogP contribution >= 0.6 is 11.8 Å². The second kappa shape index (κ2) is 6.13. The average molecular weight is 227 g/mol. The van der Waals surface area contributed by atoms with Crippen LogP contribution in [0.1, 0.15) is 31.9 Å². The fraction of sp³-hybridized carbons (Fsp3) is 0.500. The number of hydrogen-bond acceptors (Lipinski definition) is 2. The maximum Gasteiger partial charge on any atom is 0.137 e. The molecule has 84 valence electrons. The molecule has 0 saturated heterocycles. The van der Waals surface area contributed by atoms with Crippen LogP contribution in [0.3, 0.4) is 0 Å². The molecule has 0 radical (unpaired) electrons. The zero-order valence-corrected chi connectivity index (χ0v) is 10.3. The molecule has 1 nitrogen and oxygen atoms in total. The monoisotopic (exact) mass is 227 g/mol. The zero-order chi connectivity index (χ0) is 11.3. The van der Waals surface area contributed by atoms with Crippen molar-refractivity contribution in [1.82, 2.24) is 5.32 Å². The van der Waals surface area contributed by atoms with E-state index in [0.29, 0.717) is 0 Å². The van der Waals surface area contributed by atoms with Gasteiger partial charge in [-0.15, -0.1) is 11.8 Å². The molecule has 0 aliphatic rings. The van der Waals surface area contributed by atoms with Crippen molar-refractivity contribution in [1.29, 1.82) is 0 Å². The Morgan fingerprint density at radius 2 is 2.20 bits per heavy atom. The molecule has 0 saturated carbocycles. The molecule has 0 spiro atoms. The fourth-order valence-electron chi connectivity index (χ4n) is 1.55. The van der Waals surface area contributed by atoms with Crippen LogP contribution in [0.5, 0.6) is 0 Å². The molecule has 1 rings (SSSR count). The number of hydrogen-bond donors (Lipinski definition) is 1. The Morgan fingerprint density at radius 3 is 2.80 bits per heavy atom. The van der Waals surface area contributed by atoms with Crippen molar-refractivity contribution in [2.24, 2.45) is 0 Å². The molecule has 0 amide bonds. The molecule has 3 heteroatoms. The minimum absolute atomic E-state index is 0.120. The summed E-state index contributed by atoms with van der Waals surface area (Å²) in [5.74, 6) is -0.120. The van der Waals surface area contributed by atoms with E-state index < -0.39 is 0 Å². The Morgan fingerprint density at radius 1 is 1.47 bits per heavy atom. The van der Waals surface area contributed by atoms with Gasteiger partial charge in [-0.2, -0.15) is 0 Å². The predicted octanol–water partition coefficient (Wildman–Crippen LogP) is 3.61. The molecule has 1 N–H and O–H groups in total. The summed E-state index contributed by atoms with van der Waals surface area (Å²) in [6, 6.07) is 5.49. The standard InChI is InChI=1S/C12H18FNS/c1-4-8-14-9(2)10-6-5-7-11(13)12(10)15-3/h5-7,9,14H,4,8H2,1-3H3. The van der Waals surface area contributed by atoms with E-state index in [9.17, 15) is 4.39 Å². The first-order valence-electron chi connectivity index (χ1n) is 5.26. The molecule has 1 aromatic carbocycles. The van der Waals surface area contributed by atoms with Crippen molar-refractivity contribution in [3.8, 4) is 0 Å². The van der Waals surface area contributed by atoms with Gasteiger partial charge in [0.05, 0.1) is 0 Å². The summed E-state index contributed by atoms with van der Waals surface area (Å²) < 4.78 is 13.5. The highest BCUT2D eigenvalue weighted by molar-refractivity contribution is 7.98. The number of halogens is 1. The van der Waals surface area contributed by atoms with Crippen LogP contribution in [0.4, 0.5) is 4.39 Å². The first-order chi connectivity index (χ1) is 7.20. The van der Waals surface area contributed by atoms with Crippen LogP contribution in [0.2, 0.25) is 0 Å². The summed E-state index contributed by atoms with van der Waals surface area (Å²) in [6.45, 7) is 5.16. The van der Waals surface area contributed by atoms with E-state index in [1.54, 1.807) is 6.07 Å². The first kappa shape index (κ1) is 12.5. The van der Waals surface area contributed by atoms with Crippen molar-refractivity contribution in [3.63, 3.8) is 0 Å². The van der Waals surface area contributed by atoms with E-state index in [4.69, 9.17) is 0 Å². The largest absolute Gasteiger partial charge is 0.310 e. The lowest BCUT2D eigenvalue weighted by Crippen LogP contribution is -2.20. The number of rotatable bonds is 5. The zero-order valence-electron chi connectivity index (χ0n) is 9.51. The Labute approximate surface area is 95.5 Å². The molecule has 1 unspecified atom stereocenters. The Bertz CT molecular complexity index is 314. The van der Waals surface area contributed by atoms with Crippen molar-refractivity contribution in [2.75, 3.05) is 12.8 Å². The highest BCUT2D eigenvalue weighted by Gasteiger charge is 2.12. The van der Waals surface area contributed by atoms with Crippen LogP contribution in [0.25, 0.3) is 0 Å². The molecular weight excluding hydrogens is 209 g/mol. The molecule has 0 heterocycles. The summed E-state index contributed by atoms with van der Waals surface area (Å²) in [6.07, 6.45) is 3.00. The quantitative estimate of drug-likeness (QED) is 0.771. The molecule has 15 heavy (non-hydrogen) atoms. The molecule has 0 fully saturated rings. The van der Waals surface area contributed by atoms with E-state index in [-0.39, 0.29) is 11.9 Å². The smallest absolute Gasteiger partial charge is 0.137 e. The maximum atomic E-state index is 13.5. The van der Waals surface area contributed by atoms with Gasteiger partial charge in [-0.05, 0) is 37.8 Å². The van der Waals surface area contributed by atoms with Gasteiger partial charge in [0.25, 0.3) is 0 Å². The normalized spacial score (nSPS) is 12.8. The second-order valence-electron chi connectivity index (χ2n) is 3.54. The van der Waals surface area contributed by atoms with Crippen LogP contribution in [0, 0.1) is 5.82 Å². The molecule has 0 aliphatic carbocycles. The first-order valence-corrected chi connectivity index (χ1v) is 6.49. The summed E-state index contributed by atoms with van der Waals surface area (Å²) in [7, 11) is 0. The van der Waals surface area contributed by atoms with Crippen LogP contribution in [-0.2, 0) is 0 Å². The van der Waals surface area contributed by atoms with Crippen LogP contribution in [0.15, 0.2) is 23.1 Å². The molecular formula is C12H18FNS. The third kappa shape index (κ3) is 3.21. The third-order valence-corrected chi connectivity index (χ3v) is 3.21. The van der Waals surface area contributed by atoms with E-state index in [1.807, 2.05) is 12.3 Å². The van der Waals surface area contributed by atoms with E-state index in [1.165, 1.54) is 17.8 Å². The number of thioether (sulfide) groups is 1. The third-order valence-electron chi connectivity index (χ3n) is 2.37. The van der Waals surface area contributed by atoms with Gasteiger partial charge in [0.15, 0.2) is 0 Å². The Hall–Kier alpha value is -0.540. The molecule has 0 aliphatic heterocycles. The van der Waals surface area contributed by atoms with Crippen LogP contribution < -0.4 is 5.32 Å². The van der Waals surface area contributed by atoms with E-state index >= 15 is 0 Å². The van der Waals surface area contributed by atoms with Gasteiger partial charge in [-0.3, -0.25) is 0 Å². The van der Waals surface area contributed by atoms with Gasteiger partial charge in [-0.25, -0.2) is 4.39 Å². The fourth-order valence-corrected chi connectivity index (χ4v) is 2.30. The van der Waals surface area contributed by atoms with Gasteiger partial charge in [-0.1, -0.05) is 19.1 Å². The van der Waals surface area contributed by atoms with Crippen LogP contribution in [-0.4, -0.2) is 12.8 Å². The summed E-state index contributed by atoms with van der Waals surface area (Å²) in [4.78, 5) is 0.758. The Kier molecular flexibility index (Phi) is 5.12. The average Bonchev–Trinajstić information content (AvgIpc) is 2.25. The second-order valence-corrected chi connectivity index (χ2v) is 4.35. The molecule has 1 aromatic rings. The predicted molar refractivity (Wildman–Crippen MR) is 64.9 cm³/mol. The number of nitrogens with one attached hydrogen (secondary N) is 1. The topological polar surface area (TPSA) is 12.0 Å². The number of benzene rings is 1. The van der Waals surface area contributed by atoms with Gasteiger partial charge < -0.3 is 5.32 Å². The van der Waals surface area contributed by atoms with Crippen molar-refractivity contribution in [3.05, 3.63) is 29.6 Å². The van der Waals surface area contributed by atoms with Crippen molar-refractivity contribution >= 4 is 11.8 Å². The SMILES string of the molecule is CCCNC(C)c1cccc(F)c1SC. The highest BCUT2D eigenvalue weighted by atomic mass is 32.2. The highest BCUT2D eigenvalue weighted by Crippen LogP contribution is 2.28. The molecule has 1 atom stereocenters. The minimum atomic E-state index is -0.120. The van der Waals surface area contributed by atoms with E-state index in [2.05, 4.69) is 19.2 Å². The maximum absolute atomic E-state index is 13.5. The molecule has 0 bridgehead atoms. The summed E-state index contributed by atoms with van der Waals surface area (Å²) >= 11 is 1.47. The minimum Gasteiger partial charge on any atom is -0.310 e. The van der Waals surface area contributed by atoms with Crippen molar-refractivity contribution < 1.29 is 4.39 Å². The molecule has 0 aromatic heterocycles. The lowest BCUT2D eigenvalue weighted by Gasteiger charge is -2.17. The van der Waals surface area contributed by atoms with Crippen molar-refractivity contribution in [2.45, 2.75) is 31.2 Å². The Balaban J connectivity index is 2.87. The van der Waals surface area contributed by atoms with Gasteiger partial charge in [0.2, 0.25) is 0 Å². The summed E-state index contributed by atoms with van der Waals surface area (Å²) in [5, 5.41) is 3.37. The van der Waals surface area contributed by atoms with Gasteiger partial charge >= 0.3 is 0 Å².